The minimum absolute atomic E-state index is 0.527. The van der Waals surface area contributed by atoms with Gasteiger partial charge in [-0.15, -0.1) is 0 Å². The zero-order chi connectivity index (χ0) is 15.6. The van der Waals surface area contributed by atoms with Crippen LogP contribution >= 0.6 is 0 Å². The Kier molecular flexibility index (Phi) is 4.11. The summed E-state index contributed by atoms with van der Waals surface area (Å²) in [6.45, 7) is 2.02. The fraction of sp³-hybridized carbons (Fsp3) is 0.357. The Morgan fingerprint density at radius 3 is 2.38 bits per heavy atom. The van der Waals surface area contributed by atoms with Crippen molar-refractivity contribution in [2.24, 2.45) is 7.05 Å². The third-order valence-electron chi connectivity index (χ3n) is 3.12. The van der Waals surface area contributed by atoms with Crippen LogP contribution in [0, 0.1) is 0 Å². The third kappa shape index (κ3) is 3.29. The van der Waals surface area contributed by atoms with Crippen molar-refractivity contribution >= 4 is 17.2 Å². The van der Waals surface area contributed by atoms with Gasteiger partial charge in [-0.2, -0.15) is 18.3 Å². The van der Waals surface area contributed by atoms with Gasteiger partial charge in [-0.25, -0.2) is 0 Å². The highest BCUT2D eigenvalue weighted by Gasteiger charge is 2.30. The summed E-state index contributed by atoms with van der Waals surface area (Å²) in [5.41, 5.74) is 7.17. The molecule has 2 aromatic rings. The van der Waals surface area contributed by atoms with Gasteiger partial charge in [-0.1, -0.05) is 13.3 Å². The molecule has 0 aliphatic heterocycles. The molecule has 1 heterocycles. The first kappa shape index (κ1) is 15.2. The molecule has 0 unspecified atom stereocenters. The van der Waals surface area contributed by atoms with Crippen molar-refractivity contribution in [2.75, 3.05) is 11.1 Å². The Bertz CT molecular complexity index is 614. The van der Waals surface area contributed by atoms with Crippen LogP contribution in [0.15, 0.2) is 24.3 Å². The largest absolute Gasteiger partial charge is 0.416 e. The number of nitrogen functional groups attached to an aromatic ring is 1. The predicted octanol–water partition coefficient (Wildman–Crippen LogP) is 3.72. The van der Waals surface area contributed by atoms with E-state index in [0.717, 1.165) is 30.7 Å². The minimum Gasteiger partial charge on any atom is -0.394 e. The number of aromatic nitrogens is 2. The smallest absolute Gasteiger partial charge is 0.394 e. The van der Waals surface area contributed by atoms with E-state index in [-0.39, 0.29) is 0 Å². The maximum Gasteiger partial charge on any atom is 0.416 e. The molecule has 0 atom stereocenters. The van der Waals surface area contributed by atoms with Gasteiger partial charge in [0.2, 0.25) is 0 Å². The Morgan fingerprint density at radius 1 is 1.24 bits per heavy atom. The number of rotatable bonds is 4. The summed E-state index contributed by atoms with van der Waals surface area (Å²) in [4.78, 5) is 0. The second kappa shape index (κ2) is 5.67. The summed E-state index contributed by atoms with van der Waals surface area (Å²) < 4.78 is 39.1. The van der Waals surface area contributed by atoms with Crippen LogP contribution in [0.25, 0.3) is 0 Å². The van der Waals surface area contributed by atoms with Crippen LogP contribution in [0.2, 0.25) is 0 Å². The number of anilines is 3. The maximum atomic E-state index is 12.5. The number of benzene rings is 1. The highest BCUT2D eigenvalue weighted by Crippen LogP contribution is 2.31. The van der Waals surface area contributed by atoms with Crippen LogP contribution in [-0.2, 0) is 19.6 Å². The second-order valence-corrected chi connectivity index (χ2v) is 4.78. The van der Waals surface area contributed by atoms with E-state index >= 15 is 0 Å². The Labute approximate surface area is 120 Å². The lowest BCUT2D eigenvalue weighted by Gasteiger charge is -2.10. The third-order valence-corrected chi connectivity index (χ3v) is 3.12. The maximum absolute atomic E-state index is 12.5. The number of halogens is 3. The summed E-state index contributed by atoms with van der Waals surface area (Å²) in [5.74, 6) is 0.582. The van der Waals surface area contributed by atoms with Gasteiger partial charge in [0.05, 0.1) is 16.9 Å². The van der Waals surface area contributed by atoms with Crippen molar-refractivity contribution in [1.82, 2.24) is 9.78 Å². The topological polar surface area (TPSA) is 55.9 Å². The number of nitrogens with zero attached hydrogens (tertiary/aromatic N) is 2. The van der Waals surface area contributed by atoms with Crippen molar-refractivity contribution in [3.05, 3.63) is 35.5 Å². The molecule has 1 aromatic carbocycles. The van der Waals surface area contributed by atoms with Crippen LogP contribution in [0.3, 0.4) is 0 Å². The Hall–Kier alpha value is -2.18. The number of hydrogen-bond donors (Lipinski definition) is 2. The number of aryl methyl sites for hydroxylation is 2. The fourth-order valence-electron chi connectivity index (χ4n) is 2.04. The van der Waals surface area contributed by atoms with Gasteiger partial charge in [0, 0.05) is 12.7 Å². The van der Waals surface area contributed by atoms with Gasteiger partial charge < -0.3 is 11.1 Å². The van der Waals surface area contributed by atoms with Crippen molar-refractivity contribution < 1.29 is 13.2 Å². The summed E-state index contributed by atoms with van der Waals surface area (Å²) >= 11 is 0. The molecular weight excluding hydrogens is 281 g/mol. The number of hydrogen-bond acceptors (Lipinski definition) is 3. The summed E-state index contributed by atoms with van der Waals surface area (Å²) in [5, 5.41) is 7.31. The van der Waals surface area contributed by atoms with Gasteiger partial charge in [0.1, 0.15) is 0 Å². The van der Waals surface area contributed by atoms with Crippen molar-refractivity contribution in [1.29, 1.82) is 0 Å². The highest BCUT2D eigenvalue weighted by molar-refractivity contribution is 5.71. The normalized spacial score (nSPS) is 11.7. The molecule has 0 radical (unpaired) electrons. The van der Waals surface area contributed by atoms with E-state index in [2.05, 4.69) is 10.4 Å². The van der Waals surface area contributed by atoms with Crippen LogP contribution in [0.4, 0.5) is 30.4 Å². The second-order valence-electron chi connectivity index (χ2n) is 4.78. The first-order valence-electron chi connectivity index (χ1n) is 6.58. The average Bonchev–Trinajstić information content (AvgIpc) is 2.67. The zero-order valence-electron chi connectivity index (χ0n) is 11.8. The Morgan fingerprint density at radius 2 is 1.86 bits per heavy atom. The van der Waals surface area contributed by atoms with Crippen molar-refractivity contribution in [2.45, 2.75) is 25.9 Å². The van der Waals surface area contributed by atoms with Gasteiger partial charge in [-0.3, -0.25) is 4.68 Å². The lowest BCUT2D eigenvalue weighted by molar-refractivity contribution is -0.137. The zero-order valence-corrected chi connectivity index (χ0v) is 11.8. The summed E-state index contributed by atoms with van der Waals surface area (Å²) in [6, 6.07) is 4.80. The predicted molar refractivity (Wildman–Crippen MR) is 76.3 cm³/mol. The number of alkyl halides is 3. The minimum atomic E-state index is -4.33. The molecule has 0 amide bonds. The lowest BCUT2D eigenvalue weighted by atomic mass is 10.2. The SMILES string of the molecule is CCCc1nn(C)c(Nc2ccc(C(F)(F)F)cc2)c1N. The van der Waals surface area contributed by atoms with E-state index in [9.17, 15) is 13.2 Å². The van der Waals surface area contributed by atoms with E-state index < -0.39 is 11.7 Å². The molecule has 4 nitrogen and oxygen atoms in total. The average molecular weight is 298 g/mol. The molecule has 0 saturated carbocycles. The summed E-state index contributed by atoms with van der Waals surface area (Å²) in [7, 11) is 1.74. The molecule has 114 valence electrons. The van der Waals surface area contributed by atoms with Gasteiger partial charge in [0.15, 0.2) is 5.82 Å². The Balaban J connectivity index is 2.22. The molecule has 0 spiro atoms. The highest BCUT2D eigenvalue weighted by atomic mass is 19.4. The molecule has 1 aromatic heterocycles. The standard InChI is InChI=1S/C14H17F3N4/c1-3-4-11-12(18)13(21(2)20-11)19-10-7-5-9(6-8-10)14(15,16)17/h5-8,19H,3-4,18H2,1-2H3. The molecule has 0 bridgehead atoms. The fourth-order valence-corrected chi connectivity index (χ4v) is 2.04. The summed E-state index contributed by atoms with van der Waals surface area (Å²) in [6.07, 6.45) is -2.66. The van der Waals surface area contributed by atoms with E-state index in [0.29, 0.717) is 17.2 Å². The van der Waals surface area contributed by atoms with Gasteiger partial charge in [-0.05, 0) is 30.7 Å². The molecule has 0 saturated heterocycles. The van der Waals surface area contributed by atoms with Crippen LogP contribution < -0.4 is 11.1 Å². The van der Waals surface area contributed by atoms with Crippen molar-refractivity contribution in [3.8, 4) is 0 Å². The van der Waals surface area contributed by atoms with E-state index in [4.69, 9.17) is 5.73 Å². The monoisotopic (exact) mass is 298 g/mol. The molecule has 21 heavy (non-hydrogen) atoms. The molecule has 3 N–H and O–H groups in total. The first-order chi connectivity index (χ1) is 9.82. The molecule has 7 heteroatoms. The molecule has 0 aliphatic carbocycles. The van der Waals surface area contributed by atoms with E-state index in [1.807, 2.05) is 6.92 Å². The van der Waals surface area contributed by atoms with Crippen LogP contribution in [-0.4, -0.2) is 9.78 Å². The van der Waals surface area contributed by atoms with Crippen LogP contribution in [0.1, 0.15) is 24.6 Å². The van der Waals surface area contributed by atoms with Gasteiger partial charge in [0.25, 0.3) is 0 Å². The van der Waals surface area contributed by atoms with E-state index in [1.54, 1.807) is 11.7 Å². The number of nitrogens with two attached hydrogens (primary N) is 1. The van der Waals surface area contributed by atoms with Crippen molar-refractivity contribution in [3.63, 3.8) is 0 Å². The molecule has 2 rings (SSSR count). The first-order valence-corrected chi connectivity index (χ1v) is 6.58. The van der Waals surface area contributed by atoms with E-state index in [1.165, 1.54) is 12.1 Å². The van der Waals surface area contributed by atoms with Gasteiger partial charge >= 0.3 is 6.18 Å². The van der Waals surface area contributed by atoms with Crippen LogP contribution in [0.5, 0.6) is 0 Å². The molecule has 0 fully saturated rings. The molecule has 0 aliphatic rings. The lowest BCUT2D eigenvalue weighted by Crippen LogP contribution is -2.05. The molecular formula is C14H17F3N4. The quantitative estimate of drug-likeness (QED) is 0.904. The number of nitrogens with one attached hydrogen (secondary N) is 1.